The van der Waals surface area contributed by atoms with Crippen molar-refractivity contribution in [2.45, 2.75) is 46.5 Å². The van der Waals surface area contributed by atoms with Crippen LogP contribution in [0.1, 0.15) is 41.9 Å². The van der Waals surface area contributed by atoms with E-state index in [1.165, 1.54) is 11.9 Å². The van der Waals surface area contributed by atoms with Crippen molar-refractivity contribution in [3.05, 3.63) is 69.5 Å². The number of aromatic hydroxyl groups is 1. The van der Waals surface area contributed by atoms with E-state index in [0.29, 0.717) is 36.3 Å². The molecule has 3 aromatic rings. The lowest BCUT2D eigenvalue weighted by molar-refractivity contribution is -0.117. The molecular weight excluding hydrogens is 462 g/mol. The summed E-state index contributed by atoms with van der Waals surface area (Å²) >= 11 is 0. The van der Waals surface area contributed by atoms with E-state index in [-0.39, 0.29) is 17.5 Å². The number of carbonyl (C=O) groups excluding carboxylic acids is 1. The Morgan fingerprint density at radius 2 is 1.74 bits per heavy atom. The van der Waals surface area contributed by atoms with Crippen molar-refractivity contribution in [3.63, 3.8) is 0 Å². The second kappa shape index (κ2) is 9.28. The predicted octanol–water partition coefficient (Wildman–Crippen LogP) is 5.22. The largest absolute Gasteiger partial charge is 0.508 e. The molecule has 0 spiro atoms. The maximum Gasteiger partial charge on any atom is 0.232 e. The van der Waals surface area contributed by atoms with Crippen LogP contribution < -0.4 is 4.90 Å². The summed E-state index contributed by atoms with van der Waals surface area (Å²) in [5.41, 5.74) is 2.71. The average molecular weight is 487 g/mol. The zero-order valence-corrected chi connectivity index (χ0v) is 19.8. The maximum atomic E-state index is 14.4. The number of aryl methyl sites for hydroxylation is 2. The second-order valence-electron chi connectivity index (χ2n) is 9.22. The lowest BCUT2D eigenvalue weighted by Gasteiger charge is -2.25. The van der Waals surface area contributed by atoms with E-state index in [0.717, 1.165) is 18.1 Å². The molecule has 4 rings (SSSR count). The van der Waals surface area contributed by atoms with Gasteiger partial charge in [-0.25, -0.2) is 27.5 Å². The minimum Gasteiger partial charge on any atom is -0.508 e. The van der Waals surface area contributed by atoms with Crippen LogP contribution in [0.2, 0.25) is 0 Å². The molecule has 2 aromatic carbocycles. The summed E-state index contributed by atoms with van der Waals surface area (Å²) in [6.07, 6.45) is 0.987. The Morgan fingerprint density at radius 1 is 1.06 bits per heavy atom. The highest BCUT2D eigenvalue weighted by Gasteiger charge is 2.28. The monoisotopic (exact) mass is 487 g/mol. The number of hydrogen-bond acceptors (Lipinski definition) is 4. The van der Waals surface area contributed by atoms with Crippen LogP contribution in [0.4, 0.5) is 23.4 Å². The molecule has 0 atom stereocenters. The van der Waals surface area contributed by atoms with E-state index in [9.17, 15) is 27.5 Å². The first-order valence-corrected chi connectivity index (χ1v) is 11.3. The number of benzene rings is 2. The minimum absolute atomic E-state index is 0.167. The number of carbonyl (C=O) groups is 1. The molecule has 1 amide bonds. The highest BCUT2D eigenvalue weighted by Crippen LogP contribution is 2.35. The SMILES string of the molecule is Cc1c(F)c(F)c(F)c(F)c1CC(=O)N(C)c1nc2c(nc1CC(C)C)-c1ccc(O)cc1CC2. The van der Waals surface area contributed by atoms with Gasteiger partial charge in [-0.2, -0.15) is 0 Å². The number of hydrogen-bond donors (Lipinski definition) is 1. The summed E-state index contributed by atoms with van der Waals surface area (Å²) in [4.78, 5) is 23.8. The fourth-order valence-corrected chi connectivity index (χ4v) is 4.33. The molecule has 35 heavy (non-hydrogen) atoms. The molecular formula is C26H25F4N3O2. The maximum absolute atomic E-state index is 14.4. The van der Waals surface area contributed by atoms with Crippen LogP contribution in [0.3, 0.4) is 0 Å². The molecule has 0 saturated carbocycles. The van der Waals surface area contributed by atoms with Crippen molar-refractivity contribution >= 4 is 11.7 Å². The van der Waals surface area contributed by atoms with Crippen LogP contribution in [0.25, 0.3) is 11.3 Å². The number of likely N-dealkylation sites (N-methyl/N-ethyl adjacent to an activating group) is 1. The van der Waals surface area contributed by atoms with Gasteiger partial charge < -0.3 is 5.11 Å². The highest BCUT2D eigenvalue weighted by molar-refractivity contribution is 5.94. The molecule has 1 heterocycles. The Bertz CT molecular complexity index is 1310. The van der Waals surface area contributed by atoms with Crippen molar-refractivity contribution in [2.75, 3.05) is 11.9 Å². The standard InChI is InChI=1S/C26H25F4N3O2/c1-12(2)9-19-26(32-18-8-5-14-10-15(34)6-7-16(14)25(18)31-19)33(4)20(35)11-17-13(3)21(27)23(29)24(30)22(17)28/h6-7,10,12,34H,5,8-9,11H2,1-4H3. The van der Waals surface area contributed by atoms with E-state index in [1.807, 2.05) is 13.8 Å². The lowest BCUT2D eigenvalue weighted by atomic mass is 9.91. The van der Waals surface area contributed by atoms with Gasteiger partial charge >= 0.3 is 0 Å². The first kappa shape index (κ1) is 24.6. The van der Waals surface area contributed by atoms with Crippen molar-refractivity contribution < 1.29 is 27.5 Å². The minimum atomic E-state index is -1.95. The van der Waals surface area contributed by atoms with E-state index >= 15 is 0 Å². The molecule has 1 aliphatic carbocycles. The fourth-order valence-electron chi connectivity index (χ4n) is 4.33. The Balaban J connectivity index is 1.74. The number of rotatable bonds is 5. The number of aromatic nitrogens is 2. The van der Waals surface area contributed by atoms with Crippen LogP contribution in [0.15, 0.2) is 18.2 Å². The van der Waals surface area contributed by atoms with Crippen LogP contribution in [-0.2, 0) is 30.5 Å². The summed E-state index contributed by atoms with van der Waals surface area (Å²) in [5, 5.41) is 9.82. The summed E-state index contributed by atoms with van der Waals surface area (Å²) in [6, 6.07) is 5.07. The van der Waals surface area contributed by atoms with Crippen LogP contribution >= 0.6 is 0 Å². The van der Waals surface area contributed by atoms with Gasteiger partial charge in [0.1, 0.15) is 5.75 Å². The first-order chi connectivity index (χ1) is 16.5. The van der Waals surface area contributed by atoms with Gasteiger partial charge in [-0.1, -0.05) is 13.8 Å². The molecule has 0 aliphatic heterocycles. The molecule has 5 nitrogen and oxygen atoms in total. The zero-order valence-electron chi connectivity index (χ0n) is 19.8. The van der Waals surface area contributed by atoms with Gasteiger partial charge in [0.05, 0.1) is 23.5 Å². The van der Waals surface area contributed by atoms with Gasteiger partial charge in [0, 0.05) is 18.2 Å². The Labute approximate surface area is 200 Å². The predicted molar refractivity (Wildman–Crippen MR) is 123 cm³/mol. The Morgan fingerprint density at radius 3 is 2.43 bits per heavy atom. The van der Waals surface area contributed by atoms with Gasteiger partial charge in [-0.15, -0.1) is 0 Å². The molecule has 184 valence electrons. The lowest BCUT2D eigenvalue weighted by Crippen LogP contribution is -2.32. The normalized spacial score (nSPS) is 12.5. The van der Waals surface area contributed by atoms with Crippen molar-refractivity contribution in [3.8, 4) is 17.0 Å². The quantitative estimate of drug-likeness (QED) is 0.305. The van der Waals surface area contributed by atoms with E-state index in [4.69, 9.17) is 9.97 Å². The number of nitrogens with zero attached hydrogens (tertiary/aromatic N) is 3. The molecule has 0 saturated heterocycles. The Kier molecular flexibility index (Phi) is 6.53. The number of amides is 1. The first-order valence-electron chi connectivity index (χ1n) is 11.3. The number of anilines is 1. The molecule has 0 fully saturated rings. The smallest absolute Gasteiger partial charge is 0.232 e. The fraction of sp³-hybridized carbons (Fsp3) is 0.346. The molecule has 1 aromatic heterocycles. The van der Waals surface area contributed by atoms with Crippen molar-refractivity contribution in [1.29, 1.82) is 0 Å². The van der Waals surface area contributed by atoms with Crippen molar-refractivity contribution in [1.82, 2.24) is 9.97 Å². The molecule has 0 bridgehead atoms. The third kappa shape index (κ3) is 4.47. The molecule has 0 unspecified atom stereocenters. The van der Waals surface area contributed by atoms with E-state index in [2.05, 4.69) is 0 Å². The summed E-state index contributed by atoms with van der Waals surface area (Å²) in [5.74, 6) is -7.00. The number of fused-ring (bicyclic) bond motifs is 3. The molecule has 1 aliphatic rings. The zero-order chi connectivity index (χ0) is 25.6. The van der Waals surface area contributed by atoms with E-state index < -0.39 is 46.7 Å². The van der Waals surface area contributed by atoms with Crippen LogP contribution in [0.5, 0.6) is 5.75 Å². The summed E-state index contributed by atoms with van der Waals surface area (Å²) < 4.78 is 55.7. The van der Waals surface area contributed by atoms with Crippen molar-refractivity contribution in [2.24, 2.45) is 5.92 Å². The van der Waals surface area contributed by atoms with Gasteiger partial charge in [0.2, 0.25) is 5.91 Å². The average Bonchev–Trinajstić information content (AvgIpc) is 2.82. The van der Waals surface area contributed by atoms with Crippen LogP contribution in [-0.4, -0.2) is 28.0 Å². The number of phenols is 1. The topological polar surface area (TPSA) is 66.3 Å². The van der Waals surface area contributed by atoms with Gasteiger partial charge in [-0.05, 0) is 61.4 Å². The molecule has 9 heteroatoms. The van der Waals surface area contributed by atoms with Gasteiger partial charge in [-0.3, -0.25) is 9.69 Å². The number of halogens is 4. The van der Waals surface area contributed by atoms with Crippen LogP contribution in [0, 0.1) is 36.1 Å². The summed E-state index contributed by atoms with van der Waals surface area (Å²) in [6.45, 7) is 5.07. The second-order valence-corrected chi connectivity index (χ2v) is 9.22. The highest BCUT2D eigenvalue weighted by atomic mass is 19.2. The number of phenolic OH excluding ortho intramolecular Hbond substituents is 1. The summed E-state index contributed by atoms with van der Waals surface area (Å²) in [7, 11) is 1.45. The third-order valence-electron chi connectivity index (χ3n) is 6.24. The Hall–Kier alpha value is -3.49. The van der Waals surface area contributed by atoms with Gasteiger partial charge in [0.15, 0.2) is 29.1 Å². The van der Waals surface area contributed by atoms with E-state index in [1.54, 1.807) is 18.2 Å². The molecule has 1 N–H and O–H groups in total. The third-order valence-corrected chi connectivity index (χ3v) is 6.24. The van der Waals surface area contributed by atoms with Gasteiger partial charge in [0.25, 0.3) is 0 Å². The molecule has 0 radical (unpaired) electrons.